The summed E-state index contributed by atoms with van der Waals surface area (Å²) in [5.74, 6) is 0.627. The molecule has 0 aromatic carbocycles. The Morgan fingerprint density at radius 1 is 1.16 bits per heavy atom. The Morgan fingerprint density at radius 3 is 2.16 bits per heavy atom. The fraction of sp³-hybridized carbons (Fsp3) is 0.100. The fourth-order valence-electron chi connectivity index (χ4n) is 0.933. The monoisotopic (exact) mass is 300 g/mol. The van der Waals surface area contributed by atoms with Crippen LogP contribution in [0.4, 0.5) is 11.6 Å². The quantitative estimate of drug-likeness (QED) is 0.778. The number of aromatic nitrogens is 4. The molecule has 0 spiro atoms. The Kier molecular flexibility index (Phi) is 5.91. The molecule has 2 heterocycles. The third kappa shape index (κ3) is 6.49. The van der Waals surface area contributed by atoms with Gasteiger partial charge in [0.2, 0.25) is 16.5 Å². The summed E-state index contributed by atoms with van der Waals surface area (Å²) in [7, 11) is 0. The lowest BCUT2D eigenvalue weighted by Gasteiger charge is -1.98. The van der Waals surface area contributed by atoms with Crippen LogP contribution in [0.2, 0.25) is 10.6 Å². The highest BCUT2D eigenvalue weighted by atomic mass is 35.5. The molecule has 0 fully saturated rings. The second-order valence-electron chi connectivity index (χ2n) is 3.14. The zero-order valence-electron chi connectivity index (χ0n) is 9.84. The minimum atomic E-state index is -0.181. The normalized spacial score (nSPS) is 9.21. The fourth-order valence-corrected chi connectivity index (χ4v) is 1.23. The molecule has 2 rings (SSSR count). The van der Waals surface area contributed by atoms with Crippen molar-refractivity contribution in [2.75, 3.05) is 11.1 Å². The molecule has 0 saturated carbocycles. The standard InChI is InChI=1S/C6H6ClN3O.C4H4ClN3/c1-4(11)9-5-2-3-8-6(7)10-5;5-4-7-2-1-3(6)8-4/h2-3H,1H3,(H,8,9,10,11);1-2H,(H2,6,7,8). The lowest BCUT2D eigenvalue weighted by Crippen LogP contribution is -2.07. The molecule has 2 aromatic rings. The molecular weight excluding hydrogens is 291 g/mol. The van der Waals surface area contributed by atoms with Gasteiger partial charge in [-0.25, -0.2) is 19.9 Å². The van der Waals surface area contributed by atoms with Crippen molar-refractivity contribution < 1.29 is 4.79 Å². The maximum absolute atomic E-state index is 10.5. The van der Waals surface area contributed by atoms with Gasteiger partial charge in [-0.1, -0.05) is 0 Å². The SMILES string of the molecule is CC(=O)Nc1ccnc(Cl)n1.Nc1ccnc(Cl)n1. The predicted octanol–water partition coefficient (Wildman–Crippen LogP) is 1.80. The van der Waals surface area contributed by atoms with Crippen LogP contribution in [0.3, 0.4) is 0 Å². The molecule has 0 aliphatic heterocycles. The lowest BCUT2D eigenvalue weighted by molar-refractivity contribution is -0.114. The van der Waals surface area contributed by atoms with E-state index in [1.54, 1.807) is 12.1 Å². The van der Waals surface area contributed by atoms with Gasteiger partial charge in [-0.3, -0.25) is 4.79 Å². The zero-order valence-corrected chi connectivity index (χ0v) is 11.4. The summed E-state index contributed by atoms with van der Waals surface area (Å²) in [6, 6.07) is 3.14. The maximum Gasteiger partial charge on any atom is 0.224 e. The van der Waals surface area contributed by atoms with Crippen molar-refractivity contribution in [1.82, 2.24) is 19.9 Å². The van der Waals surface area contributed by atoms with Crippen molar-refractivity contribution in [2.24, 2.45) is 0 Å². The molecule has 7 nitrogen and oxygen atoms in total. The molecule has 0 radical (unpaired) electrons. The van der Waals surface area contributed by atoms with Gasteiger partial charge in [-0.05, 0) is 35.3 Å². The summed E-state index contributed by atoms with van der Waals surface area (Å²) >= 11 is 10.8. The highest BCUT2D eigenvalue weighted by molar-refractivity contribution is 6.28. The summed E-state index contributed by atoms with van der Waals surface area (Å²) < 4.78 is 0. The van der Waals surface area contributed by atoms with Crippen molar-refractivity contribution in [3.63, 3.8) is 0 Å². The molecular formula is C10H10Cl2N6O. The number of carbonyl (C=O) groups excluding carboxylic acids is 1. The van der Waals surface area contributed by atoms with Crippen LogP contribution in [0, 0.1) is 0 Å². The minimum absolute atomic E-state index is 0.122. The maximum atomic E-state index is 10.5. The van der Waals surface area contributed by atoms with Crippen molar-refractivity contribution >= 4 is 40.7 Å². The molecule has 0 unspecified atom stereocenters. The van der Waals surface area contributed by atoms with Gasteiger partial charge in [-0.2, -0.15) is 0 Å². The third-order valence-electron chi connectivity index (χ3n) is 1.58. The van der Waals surface area contributed by atoms with E-state index in [-0.39, 0.29) is 16.5 Å². The van der Waals surface area contributed by atoms with Crippen LogP contribution < -0.4 is 11.1 Å². The number of rotatable bonds is 1. The van der Waals surface area contributed by atoms with Gasteiger partial charge in [0, 0.05) is 19.3 Å². The van der Waals surface area contributed by atoms with E-state index in [0.29, 0.717) is 11.6 Å². The van der Waals surface area contributed by atoms with Crippen LogP contribution in [-0.2, 0) is 4.79 Å². The Labute approximate surface area is 119 Å². The van der Waals surface area contributed by atoms with E-state index in [9.17, 15) is 4.79 Å². The van der Waals surface area contributed by atoms with Crippen molar-refractivity contribution in [3.8, 4) is 0 Å². The first-order chi connectivity index (χ1) is 8.97. The first-order valence-corrected chi connectivity index (χ1v) is 5.73. The summed E-state index contributed by atoms with van der Waals surface area (Å²) in [6.07, 6.45) is 2.98. The van der Waals surface area contributed by atoms with E-state index in [1.807, 2.05) is 0 Å². The van der Waals surface area contributed by atoms with Crippen LogP contribution in [0.25, 0.3) is 0 Å². The second-order valence-corrected chi connectivity index (χ2v) is 3.82. The molecule has 3 N–H and O–H groups in total. The molecule has 19 heavy (non-hydrogen) atoms. The minimum Gasteiger partial charge on any atom is -0.384 e. The predicted molar refractivity (Wildman–Crippen MR) is 72.8 cm³/mol. The molecule has 0 atom stereocenters. The number of amides is 1. The second kappa shape index (κ2) is 7.45. The topological polar surface area (TPSA) is 107 Å². The molecule has 0 aliphatic rings. The van der Waals surface area contributed by atoms with Crippen LogP contribution in [0.15, 0.2) is 24.5 Å². The van der Waals surface area contributed by atoms with E-state index in [4.69, 9.17) is 28.9 Å². The smallest absolute Gasteiger partial charge is 0.224 e. The van der Waals surface area contributed by atoms with E-state index in [0.717, 1.165) is 0 Å². The number of carbonyl (C=O) groups is 1. The number of nitrogens with one attached hydrogen (secondary N) is 1. The van der Waals surface area contributed by atoms with E-state index >= 15 is 0 Å². The average Bonchev–Trinajstić information content (AvgIpc) is 2.28. The molecule has 0 saturated heterocycles. The van der Waals surface area contributed by atoms with Gasteiger partial charge in [-0.15, -0.1) is 0 Å². The average molecular weight is 301 g/mol. The summed E-state index contributed by atoms with van der Waals surface area (Å²) in [5.41, 5.74) is 5.22. The number of nitrogens with two attached hydrogens (primary N) is 1. The Balaban J connectivity index is 0.000000200. The van der Waals surface area contributed by atoms with Crippen molar-refractivity contribution in [2.45, 2.75) is 6.92 Å². The lowest BCUT2D eigenvalue weighted by atomic mass is 10.5. The van der Waals surface area contributed by atoms with Gasteiger partial charge in [0.1, 0.15) is 11.6 Å². The highest BCUT2D eigenvalue weighted by Gasteiger charge is 1.96. The van der Waals surface area contributed by atoms with Gasteiger partial charge in [0.05, 0.1) is 0 Å². The number of halogens is 2. The Hall–Kier alpha value is -1.99. The van der Waals surface area contributed by atoms with Crippen LogP contribution in [0.5, 0.6) is 0 Å². The number of hydrogen-bond acceptors (Lipinski definition) is 6. The molecule has 1 amide bonds. The largest absolute Gasteiger partial charge is 0.384 e. The first kappa shape index (κ1) is 15.1. The Bertz CT molecular complexity index is 548. The number of hydrogen-bond donors (Lipinski definition) is 2. The summed E-state index contributed by atoms with van der Waals surface area (Å²) in [5, 5.41) is 2.78. The van der Waals surface area contributed by atoms with Crippen LogP contribution >= 0.6 is 23.2 Å². The first-order valence-electron chi connectivity index (χ1n) is 4.97. The van der Waals surface area contributed by atoms with E-state index in [1.165, 1.54) is 19.3 Å². The molecule has 0 bridgehead atoms. The summed E-state index contributed by atoms with van der Waals surface area (Å²) in [4.78, 5) is 25.1. The van der Waals surface area contributed by atoms with Crippen molar-refractivity contribution in [1.29, 1.82) is 0 Å². The van der Waals surface area contributed by atoms with Crippen LogP contribution in [-0.4, -0.2) is 25.8 Å². The molecule has 2 aromatic heterocycles. The zero-order chi connectivity index (χ0) is 14.3. The van der Waals surface area contributed by atoms with E-state index < -0.39 is 0 Å². The van der Waals surface area contributed by atoms with Crippen molar-refractivity contribution in [3.05, 3.63) is 35.1 Å². The van der Waals surface area contributed by atoms with Gasteiger partial charge < -0.3 is 11.1 Å². The third-order valence-corrected chi connectivity index (χ3v) is 1.94. The highest BCUT2D eigenvalue weighted by Crippen LogP contribution is 2.04. The number of anilines is 2. The molecule has 9 heteroatoms. The summed E-state index contributed by atoms with van der Waals surface area (Å²) in [6.45, 7) is 1.40. The van der Waals surface area contributed by atoms with E-state index in [2.05, 4.69) is 25.3 Å². The van der Waals surface area contributed by atoms with Gasteiger partial charge in [0.25, 0.3) is 0 Å². The molecule has 100 valence electrons. The van der Waals surface area contributed by atoms with Gasteiger partial charge in [0.15, 0.2) is 0 Å². The van der Waals surface area contributed by atoms with Crippen LogP contribution in [0.1, 0.15) is 6.92 Å². The number of nitrogens with zero attached hydrogens (tertiary/aromatic N) is 4. The van der Waals surface area contributed by atoms with Gasteiger partial charge >= 0.3 is 0 Å². The molecule has 0 aliphatic carbocycles. The Morgan fingerprint density at radius 2 is 1.74 bits per heavy atom. The number of nitrogen functional groups attached to an aromatic ring is 1.